The Hall–Kier alpha value is -2.49. The number of carboxylic acid groups (broad SMARTS) is 1. The summed E-state index contributed by atoms with van der Waals surface area (Å²) >= 11 is 0. The normalized spacial score (nSPS) is 11.8. The standard InChI is InChI=1S/C17H20O4/c1-5-6-7-15(12(2)3)21-16(17(18)19)13-8-10-14(20-4)11-9-13/h5-11,16H,1H2,2-4H3,(H,18,19)/b7-6-. The number of benzene rings is 1. The van der Waals surface area contributed by atoms with Gasteiger partial charge in [-0.3, -0.25) is 0 Å². The molecular weight excluding hydrogens is 268 g/mol. The molecule has 1 aromatic carbocycles. The summed E-state index contributed by atoms with van der Waals surface area (Å²) in [6.07, 6.45) is 3.93. The molecule has 0 heterocycles. The number of rotatable bonds is 7. The Morgan fingerprint density at radius 3 is 2.33 bits per heavy atom. The number of ether oxygens (including phenoxy) is 2. The van der Waals surface area contributed by atoms with Gasteiger partial charge in [-0.05, 0) is 37.6 Å². The first-order valence-electron chi connectivity index (χ1n) is 6.49. The molecule has 1 aromatic rings. The number of carboxylic acids is 1. The van der Waals surface area contributed by atoms with Gasteiger partial charge >= 0.3 is 5.97 Å². The number of hydrogen-bond acceptors (Lipinski definition) is 3. The van der Waals surface area contributed by atoms with Gasteiger partial charge in [0.1, 0.15) is 11.5 Å². The van der Waals surface area contributed by atoms with Gasteiger partial charge in [-0.25, -0.2) is 4.79 Å². The molecule has 0 aliphatic heterocycles. The van der Waals surface area contributed by atoms with Crippen molar-refractivity contribution in [3.63, 3.8) is 0 Å². The Morgan fingerprint density at radius 2 is 1.90 bits per heavy atom. The van der Waals surface area contributed by atoms with E-state index < -0.39 is 12.1 Å². The molecule has 0 amide bonds. The van der Waals surface area contributed by atoms with Gasteiger partial charge in [0.2, 0.25) is 6.10 Å². The largest absolute Gasteiger partial charge is 0.497 e. The minimum absolute atomic E-state index is 0.512. The number of carbonyl (C=O) groups is 1. The van der Waals surface area contributed by atoms with Crippen LogP contribution in [0.3, 0.4) is 0 Å². The lowest BCUT2D eigenvalue weighted by Gasteiger charge is -2.17. The second-order valence-electron chi connectivity index (χ2n) is 4.57. The summed E-state index contributed by atoms with van der Waals surface area (Å²) in [5, 5.41) is 9.39. The van der Waals surface area contributed by atoms with Gasteiger partial charge in [-0.1, -0.05) is 30.9 Å². The van der Waals surface area contributed by atoms with E-state index in [4.69, 9.17) is 9.47 Å². The summed E-state index contributed by atoms with van der Waals surface area (Å²) in [4.78, 5) is 11.5. The number of hydrogen-bond donors (Lipinski definition) is 1. The summed E-state index contributed by atoms with van der Waals surface area (Å²) < 4.78 is 10.7. The Kier molecular flexibility index (Phi) is 6.27. The van der Waals surface area contributed by atoms with Crippen LogP contribution < -0.4 is 4.74 Å². The van der Waals surface area contributed by atoms with Crippen molar-refractivity contribution in [1.82, 2.24) is 0 Å². The second kappa shape index (κ2) is 7.94. The van der Waals surface area contributed by atoms with Gasteiger partial charge in [-0.15, -0.1) is 0 Å². The molecule has 1 rings (SSSR count). The lowest BCUT2D eigenvalue weighted by Crippen LogP contribution is -2.15. The first kappa shape index (κ1) is 16.6. The summed E-state index contributed by atoms with van der Waals surface area (Å²) in [6, 6.07) is 6.77. The number of methoxy groups -OCH3 is 1. The summed E-state index contributed by atoms with van der Waals surface area (Å²) in [5.74, 6) is 0.126. The molecular formula is C17H20O4. The van der Waals surface area contributed by atoms with Crippen molar-refractivity contribution in [2.75, 3.05) is 7.11 Å². The molecule has 1 unspecified atom stereocenters. The lowest BCUT2D eigenvalue weighted by molar-refractivity contribution is -0.148. The Labute approximate surface area is 125 Å². The van der Waals surface area contributed by atoms with Gasteiger partial charge in [0.15, 0.2) is 0 Å². The smallest absolute Gasteiger partial charge is 0.349 e. The predicted molar refractivity (Wildman–Crippen MR) is 82.2 cm³/mol. The van der Waals surface area contributed by atoms with E-state index in [0.717, 1.165) is 5.57 Å². The van der Waals surface area contributed by atoms with Crippen LogP contribution >= 0.6 is 0 Å². The molecule has 0 fully saturated rings. The molecule has 0 spiro atoms. The van der Waals surface area contributed by atoms with Gasteiger partial charge < -0.3 is 14.6 Å². The lowest BCUT2D eigenvalue weighted by atomic mass is 10.1. The fraction of sp³-hybridized carbons (Fsp3) is 0.235. The minimum atomic E-state index is -1.07. The average Bonchev–Trinajstić information content (AvgIpc) is 2.47. The van der Waals surface area contributed by atoms with Crippen LogP contribution in [-0.4, -0.2) is 18.2 Å². The van der Waals surface area contributed by atoms with Crippen molar-refractivity contribution in [3.8, 4) is 5.75 Å². The molecule has 0 bridgehead atoms. The topological polar surface area (TPSA) is 55.8 Å². The zero-order valence-electron chi connectivity index (χ0n) is 12.5. The fourth-order valence-corrected chi connectivity index (χ4v) is 1.65. The molecule has 0 saturated heterocycles. The highest BCUT2D eigenvalue weighted by atomic mass is 16.5. The van der Waals surface area contributed by atoms with E-state index in [9.17, 15) is 9.90 Å². The highest BCUT2D eigenvalue weighted by Gasteiger charge is 2.22. The Bertz CT molecular complexity index is 549. The zero-order chi connectivity index (χ0) is 15.8. The van der Waals surface area contributed by atoms with Crippen molar-refractivity contribution >= 4 is 5.97 Å². The van der Waals surface area contributed by atoms with Crippen molar-refractivity contribution in [1.29, 1.82) is 0 Å². The SMILES string of the molecule is C=C/C=C\C(OC(C(=O)O)c1ccc(OC)cc1)=C(C)C. The van der Waals surface area contributed by atoms with E-state index >= 15 is 0 Å². The summed E-state index contributed by atoms with van der Waals surface area (Å²) in [5.41, 5.74) is 1.43. The summed E-state index contributed by atoms with van der Waals surface area (Å²) in [6.45, 7) is 7.30. The van der Waals surface area contributed by atoms with Crippen molar-refractivity contribution < 1.29 is 19.4 Å². The van der Waals surface area contributed by atoms with Crippen LogP contribution in [-0.2, 0) is 9.53 Å². The maximum atomic E-state index is 11.5. The van der Waals surface area contributed by atoms with Gasteiger partial charge in [0.25, 0.3) is 0 Å². The van der Waals surface area contributed by atoms with Crippen LogP contribution in [0.5, 0.6) is 5.75 Å². The first-order valence-corrected chi connectivity index (χ1v) is 6.49. The van der Waals surface area contributed by atoms with Gasteiger partial charge in [0, 0.05) is 5.56 Å². The third-order valence-electron chi connectivity index (χ3n) is 2.76. The third kappa shape index (κ3) is 4.84. The van der Waals surface area contributed by atoms with E-state index in [1.165, 1.54) is 0 Å². The van der Waals surface area contributed by atoms with Crippen LogP contribution in [0.2, 0.25) is 0 Å². The van der Waals surface area contributed by atoms with Crippen LogP contribution in [0.25, 0.3) is 0 Å². The zero-order valence-corrected chi connectivity index (χ0v) is 12.5. The van der Waals surface area contributed by atoms with Crippen molar-refractivity contribution in [3.05, 3.63) is 66.0 Å². The molecule has 1 N–H and O–H groups in total. The fourth-order valence-electron chi connectivity index (χ4n) is 1.65. The monoisotopic (exact) mass is 288 g/mol. The van der Waals surface area contributed by atoms with E-state index in [1.807, 2.05) is 13.8 Å². The van der Waals surface area contributed by atoms with Crippen molar-refractivity contribution in [2.45, 2.75) is 20.0 Å². The third-order valence-corrected chi connectivity index (χ3v) is 2.76. The van der Waals surface area contributed by atoms with E-state index in [2.05, 4.69) is 6.58 Å². The van der Waals surface area contributed by atoms with Crippen LogP contribution in [0.1, 0.15) is 25.5 Å². The van der Waals surface area contributed by atoms with E-state index in [0.29, 0.717) is 17.1 Å². The molecule has 0 radical (unpaired) electrons. The molecule has 112 valence electrons. The molecule has 0 aromatic heterocycles. The molecule has 0 saturated carbocycles. The first-order chi connectivity index (χ1) is 9.99. The van der Waals surface area contributed by atoms with Crippen LogP contribution in [0, 0.1) is 0 Å². The average molecular weight is 288 g/mol. The quantitative estimate of drug-likeness (QED) is 0.611. The van der Waals surface area contributed by atoms with Crippen LogP contribution in [0.15, 0.2) is 60.4 Å². The van der Waals surface area contributed by atoms with E-state index in [-0.39, 0.29) is 0 Å². The second-order valence-corrected chi connectivity index (χ2v) is 4.57. The van der Waals surface area contributed by atoms with Crippen LogP contribution in [0.4, 0.5) is 0 Å². The molecule has 4 heteroatoms. The van der Waals surface area contributed by atoms with Gasteiger partial charge in [-0.2, -0.15) is 0 Å². The molecule has 0 aliphatic carbocycles. The van der Waals surface area contributed by atoms with E-state index in [1.54, 1.807) is 49.6 Å². The maximum Gasteiger partial charge on any atom is 0.349 e. The Balaban J connectivity index is 3.06. The van der Waals surface area contributed by atoms with Crippen molar-refractivity contribution in [2.24, 2.45) is 0 Å². The highest BCUT2D eigenvalue weighted by Crippen LogP contribution is 2.25. The number of aliphatic carboxylic acids is 1. The maximum absolute atomic E-state index is 11.5. The Morgan fingerprint density at radius 1 is 1.29 bits per heavy atom. The molecule has 21 heavy (non-hydrogen) atoms. The highest BCUT2D eigenvalue weighted by molar-refractivity contribution is 5.74. The summed E-state index contributed by atoms with van der Waals surface area (Å²) in [7, 11) is 1.56. The number of allylic oxidation sites excluding steroid dienone is 4. The van der Waals surface area contributed by atoms with Gasteiger partial charge in [0.05, 0.1) is 7.11 Å². The minimum Gasteiger partial charge on any atom is -0.497 e. The predicted octanol–water partition coefficient (Wildman–Crippen LogP) is 3.87. The molecule has 0 aliphatic rings. The molecule has 4 nitrogen and oxygen atoms in total. The molecule has 1 atom stereocenters.